The quantitative estimate of drug-likeness (QED) is 0.855. The van der Waals surface area contributed by atoms with E-state index in [1.165, 1.54) is 6.20 Å². The number of amides is 2. The van der Waals surface area contributed by atoms with Crippen LogP contribution in [0.5, 0.6) is 0 Å². The standard InChI is InChI=1S/C17H18N4O3/c22-15-11-21(17(24)14-5-1-2-8-19-14)9-6-13(15)20-16(23)12-4-3-7-18-10-12/h1-5,7-8,10,13,15,22H,6,9,11H2,(H,20,23)/t13-,15-/m1/s1. The number of hydrogen-bond acceptors (Lipinski definition) is 5. The highest BCUT2D eigenvalue weighted by Gasteiger charge is 2.32. The zero-order valence-electron chi connectivity index (χ0n) is 13.0. The number of hydrogen-bond donors (Lipinski definition) is 2. The summed E-state index contributed by atoms with van der Waals surface area (Å²) < 4.78 is 0. The van der Waals surface area contributed by atoms with E-state index in [1.54, 1.807) is 47.6 Å². The summed E-state index contributed by atoms with van der Waals surface area (Å²) in [4.78, 5) is 34.0. The molecule has 1 fully saturated rings. The number of carbonyl (C=O) groups is 2. The molecular weight excluding hydrogens is 308 g/mol. The molecule has 2 aromatic heterocycles. The van der Waals surface area contributed by atoms with E-state index in [1.807, 2.05) is 0 Å². The first-order valence-corrected chi connectivity index (χ1v) is 7.74. The van der Waals surface area contributed by atoms with Crippen LogP contribution in [0.3, 0.4) is 0 Å². The molecule has 7 nitrogen and oxygen atoms in total. The third-order valence-corrected chi connectivity index (χ3v) is 3.99. The van der Waals surface area contributed by atoms with Crippen molar-refractivity contribution in [2.75, 3.05) is 13.1 Å². The van der Waals surface area contributed by atoms with Gasteiger partial charge in [-0.2, -0.15) is 0 Å². The van der Waals surface area contributed by atoms with E-state index in [-0.39, 0.29) is 18.4 Å². The van der Waals surface area contributed by atoms with Crippen molar-refractivity contribution in [3.05, 3.63) is 60.2 Å². The average molecular weight is 326 g/mol. The number of nitrogens with one attached hydrogen (secondary N) is 1. The molecule has 24 heavy (non-hydrogen) atoms. The minimum atomic E-state index is -0.827. The summed E-state index contributed by atoms with van der Waals surface area (Å²) in [7, 11) is 0. The molecule has 2 atom stereocenters. The summed E-state index contributed by atoms with van der Waals surface area (Å²) in [6.07, 6.45) is 4.28. The van der Waals surface area contributed by atoms with Gasteiger partial charge < -0.3 is 15.3 Å². The first-order chi connectivity index (χ1) is 11.6. The molecule has 2 amide bonds. The van der Waals surface area contributed by atoms with E-state index in [0.29, 0.717) is 24.2 Å². The van der Waals surface area contributed by atoms with E-state index >= 15 is 0 Å². The van der Waals surface area contributed by atoms with Crippen LogP contribution in [0.4, 0.5) is 0 Å². The van der Waals surface area contributed by atoms with Crippen LogP contribution in [-0.4, -0.2) is 57.0 Å². The molecule has 0 spiro atoms. The van der Waals surface area contributed by atoms with Crippen LogP contribution >= 0.6 is 0 Å². The number of rotatable bonds is 3. The fraction of sp³-hybridized carbons (Fsp3) is 0.294. The molecule has 3 rings (SSSR count). The SMILES string of the molecule is O=C(N[C@@H]1CCN(C(=O)c2ccccn2)C[C@H]1O)c1cccnc1. The Bertz CT molecular complexity index is 708. The van der Waals surface area contributed by atoms with Crippen LogP contribution in [0, 0.1) is 0 Å². The van der Waals surface area contributed by atoms with Crippen molar-refractivity contribution in [1.82, 2.24) is 20.2 Å². The van der Waals surface area contributed by atoms with Gasteiger partial charge in [0.1, 0.15) is 5.69 Å². The van der Waals surface area contributed by atoms with Crippen LogP contribution in [0.15, 0.2) is 48.9 Å². The molecule has 0 aromatic carbocycles. The number of pyridine rings is 2. The van der Waals surface area contributed by atoms with Crippen molar-refractivity contribution in [1.29, 1.82) is 0 Å². The van der Waals surface area contributed by atoms with Crippen molar-refractivity contribution in [3.8, 4) is 0 Å². The maximum atomic E-state index is 12.4. The number of aliphatic hydroxyl groups excluding tert-OH is 1. The molecule has 0 unspecified atom stereocenters. The topological polar surface area (TPSA) is 95.4 Å². The lowest BCUT2D eigenvalue weighted by Crippen LogP contribution is -2.55. The van der Waals surface area contributed by atoms with Gasteiger partial charge in [-0.05, 0) is 30.7 Å². The highest BCUT2D eigenvalue weighted by molar-refractivity contribution is 5.94. The Hall–Kier alpha value is -2.80. The molecule has 0 bridgehead atoms. The van der Waals surface area contributed by atoms with E-state index in [9.17, 15) is 14.7 Å². The molecule has 124 valence electrons. The van der Waals surface area contributed by atoms with Gasteiger partial charge in [0.2, 0.25) is 0 Å². The molecular formula is C17H18N4O3. The number of likely N-dealkylation sites (tertiary alicyclic amines) is 1. The molecule has 7 heteroatoms. The lowest BCUT2D eigenvalue weighted by molar-refractivity contribution is 0.0311. The molecule has 0 saturated carbocycles. The predicted octanol–water partition coefficient (Wildman–Crippen LogP) is 0.482. The van der Waals surface area contributed by atoms with Crippen LogP contribution in [0.25, 0.3) is 0 Å². The summed E-state index contributed by atoms with van der Waals surface area (Å²) in [6, 6.07) is 8.08. The van der Waals surface area contributed by atoms with E-state index in [4.69, 9.17) is 0 Å². The summed E-state index contributed by atoms with van der Waals surface area (Å²) in [6.45, 7) is 0.609. The van der Waals surface area contributed by atoms with Gasteiger partial charge in [0, 0.05) is 31.7 Å². The minimum absolute atomic E-state index is 0.160. The second kappa shape index (κ2) is 7.18. The van der Waals surface area contributed by atoms with E-state index < -0.39 is 12.1 Å². The van der Waals surface area contributed by atoms with Crippen molar-refractivity contribution in [2.24, 2.45) is 0 Å². The number of piperidine rings is 1. The fourth-order valence-corrected chi connectivity index (χ4v) is 2.68. The molecule has 1 aliphatic heterocycles. The first kappa shape index (κ1) is 16.1. The van der Waals surface area contributed by atoms with Crippen molar-refractivity contribution in [3.63, 3.8) is 0 Å². The van der Waals surface area contributed by atoms with E-state index in [0.717, 1.165) is 0 Å². The van der Waals surface area contributed by atoms with Crippen molar-refractivity contribution >= 4 is 11.8 Å². The van der Waals surface area contributed by atoms with Gasteiger partial charge in [0.15, 0.2) is 0 Å². The number of aliphatic hydroxyl groups is 1. The Kier molecular flexibility index (Phi) is 4.81. The zero-order valence-corrected chi connectivity index (χ0v) is 13.0. The lowest BCUT2D eigenvalue weighted by Gasteiger charge is -2.36. The Morgan fingerprint density at radius 3 is 2.75 bits per heavy atom. The van der Waals surface area contributed by atoms with E-state index in [2.05, 4.69) is 15.3 Å². The summed E-state index contributed by atoms with van der Waals surface area (Å²) >= 11 is 0. The lowest BCUT2D eigenvalue weighted by atomic mass is 10.0. The predicted molar refractivity (Wildman–Crippen MR) is 86.3 cm³/mol. The summed E-state index contributed by atoms with van der Waals surface area (Å²) in [5, 5.41) is 13.1. The molecule has 2 aromatic rings. The smallest absolute Gasteiger partial charge is 0.272 e. The van der Waals surface area contributed by atoms with Crippen LogP contribution in [0.1, 0.15) is 27.3 Å². The Balaban J connectivity index is 1.59. The maximum absolute atomic E-state index is 12.4. The summed E-state index contributed by atoms with van der Waals surface area (Å²) in [5.41, 5.74) is 0.791. The van der Waals surface area contributed by atoms with Crippen LogP contribution in [-0.2, 0) is 0 Å². The molecule has 0 radical (unpaired) electrons. The third-order valence-electron chi connectivity index (χ3n) is 3.99. The van der Waals surface area contributed by atoms with Gasteiger partial charge in [0.05, 0.1) is 17.7 Å². The normalized spacial score (nSPS) is 20.5. The fourth-order valence-electron chi connectivity index (χ4n) is 2.68. The largest absolute Gasteiger partial charge is 0.389 e. The Morgan fingerprint density at radius 2 is 2.08 bits per heavy atom. The second-order valence-corrected chi connectivity index (χ2v) is 5.64. The van der Waals surface area contributed by atoms with Gasteiger partial charge in [-0.3, -0.25) is 19.6 Å². The van der Waals surface area contributed by atoms with Crippen LogP contribution in [0.2, 0.25) is 0 Å². The van der Waals surface area contributed by atoms with Gasteiger partial charge in [-0.1, -0.05) is 6.07 Å². The highest BCUT2D eigenvalue weighted by Crippen LogP contribution is 2.14. The first-order valence-electron chi connectivity index (χ1n) is 7.74. The van der Waals surface area contributed by atoms with Gasteiger partial charge in [0.25, 0.3) is 11.8 Å². The zero-order chi connectivity index (χ0) is 16.9. The summed E-state index contributed by atoms with van der Waals surface area (Å²) in [5.74, 6) is -0.497. The van der Waals surface area contributed by atoms with Gasteiger partial charge in [-0.15, -0.1) is 0 Å². The highest BCUT2D eigenvalue weighted by atomic mass is 16.3. The molecule has 3 heterocycles. The second-order valence-electron chi connectivity index (χ2n) is 5.64. The molecule has 1 saturated heterocycles. The molecule has 1 aliphatic rings. The minimum Gasteiger partial charge on any atom is -0.389 e. The monoisotopic (exact) mass is 326 g/mol. The van der Waals surface area contributed by atoms with Crippen molar-refractivity contribution in [2.45, 2.75) is 18.6 Å². The molecule has 0 aliphatic carbocycles. The number of aromatic nitrogens is 2. The Labute approximate surface area is 139 Å². The number of β-amino-alcohol motifs (C(OH)–C–C–N with tert-alkyl or cyclic N) is 1. The number of nitrogens with zero attached hydrogens (tertiary/aromatic N) is 3. The Morgan fingerprint density at radius 1 is 1.21 bits per heavy atom. The third kappa shape index (κ3) is 3.57. The van der Waals surface area contributed by atoms with Gasteiger partial charge >= 0.3 is 0 Å². The average Bonchev–Trinajstić information content (AvgIpc) is 2.64. The van der Waals surface area contributed by atoms with Gasteiger partial charge in [-0.25, -0.2) is 0 Å². The van der Waals surface area contributed by atoms with Crippen LogP contribution < -0.4 is 5.32 Å². The maximum Gasteiger partial charge on any atom is 0.272 e. The molecule has 2 N–H and O–H groups in total. The van der Waals surface area contributed by atoms with Crippen molar-refractivity contribution < 1.29 is 14.7 Å². The number of carbonyl (C=O) groups excluding carboxylic acids is 2.